The Morgan fingerprint density at radius 3 is 2.79 bits per heavy atom. The summed E-state index contributed by atoms with van der Waals surface area (Å²) in [5.74, 6) is 0. The van der Waals surface area contributed by atoms with Gasteiger partial charge in [0, 0.05) is 6.04 Å². The fourth-order valence-corrected chi connectivity index (χ4v) is 1.12. The van der Waals surface area contributed by atoms with Gasteiger partial charge in [-0.2, -0.15) is 5.26 Å². The topological polar surface area (TPSA) is 49.8 Å². The van der Waals surface area contributed by atoms with Crippen molar-refractivity contribution in [2.24, 2.45) is 5.73 Å². The Hall–Kier alpha value is -1.11. The maximum Gasteiger partial charge on any atom is 0.0991 e. The summed E-state index contributed by atoms with van der Waals surface area (Å²) in [6.07, 6.45) is 0.300. The molecule has 0 heterocycles. The fourth-order valence-electron chi connectivity index (χ4n) is 1.12. The number of nitrogens with two attached hydrogens (primary N) is 1. The Bertz CT molecular complexity index is 322. The highest BCUT2D eigenvalue weighted by Crippen LogP contribution is 2.15. The van der Waals surface area contributed by atoms with Gasteiger partial charge in [0.25, 0.3) is 0 Å². The molecule has 0 aliphatic heterocycles. The Morgan fingerprint density at radius 1 is 1.50 bits per heavy atom. The van der Waals surface area contributed by atoms with Crippen LogP contribution < -0.4 is 5.73 Å². The molecule has 1 aromatic carbocycles. The fraction of sp³-hybridized carbons (Fsp3) is 0.300. The highest BCUT2D eigenvalue weighted by atomic mass is 35.5. The highest BCUT2D eigenvalue weighted by Gasteiger charge is 2.05. The molecule has 2 N–H and O–H groups in total. The van der Waals surface area contributed by atoms with Gasteiger partial charge in [0.05, 0.1) is 18.3 Å². The van der Waals surface area contributed by atoms with Crippen LogP contribution in [-0.4, -0.2) is 6.67 Å². The number of rotatable bonds is 3. The van der Waals surface area contributed by atoms with E-state index in [1.165, 1.54) is 0 Å². The van der Waals surface area contributed by atoms with Crippen molar-refractivity contribution in [1.82, 2.24) is 0 Å². The zero-order chi connectivity index (χ0) is 9.68. The molecule has 0 fully saturated rings. The third-order valence-corrected chi connectivity index (χ3v) is 1.86. The second-order valence-corrected chi connectivity index (χ2v) is 2.82. The van der Waals surface area contributed by atoms with Gasteiger partial charge in [-0.3, -0.25) is 4.39 Å². The van der Waals surface area contributed by atoms with Crippen LogP contribution in [0.1, 0.15) is 23.6 Å². The lowest BCUT2D eigenvalue weighted by Gasteiger charge is -2.09. The summed E-state index contributed by atoms with van der Waals surface area (Å²) in [7, 11) is 0. The molecular weight excluding hydrogens is 203 g/mol. The minimum Gasteiger partial charge on any atom is -0.324 e. The van der Waals surface area contributed by atoms with Crippen LogP contribution in [0.25, 0.3) is 0 Å². The number of alkyl halides is 1. The SMILES string of the molecule is Cl.N#Cc1cccc([C@H](N)CCF)c1. The summed E-state index contributed by atoms with van der Waals surface area (Å²) in [4.78, 5) is 0. The van der Waals surface area contributed by atoms with Crippen molar-refractivity contribution >= 4 is 12.4 Å². The maximum atomic E-state index is 12.0. The van der Waals surface area contributed by atoms with Crippen molar-refractivity contribution in [3.05, 3.63) is 35.4 Å². The molecule has 0 saturated heterocycles. The average Bonchev–Trinajstić information content (AvgIpc) is 2.18. The predicted octanol–water partition coefficient (Wildman–Crippen LogP) is 2.34. The van der Waals surface area contributed by atoms with E-state index in [1.807, 2.05) is 6.07 Å². The molecule has 4 heteroatoms. The summed E-state index contributed by atoms with van der Waals surface area (Å²) in [5, 5.41) is 8.61. The number of nitriles is 1. The minimum absolute atomic E-state index is 0. The molecule has 0 bridgehead atoms. The van der Waals surface area contributed by atoms with Crippen molar-refractivity contribution in [3.63, 3.8) is 0 Å². The van der Waals surface area contributed by atoms with E-state index in [2.05, 4.69) is 0 Å². The van der Waals surface area contributed by atoms with E-state index in [1.54, 1.807) is 24.3 Å². The van der Waals surface area contributed by atoms with Crippen molar-refractivity contribution in [2.75, 3.05) is 6.67 Å². The number of halogens is 2. The largest absolute Gasteiger partial charge is 0.324 e. The van der Waals surface area contributed by atoms with E-state index in [0.29, 0.717) is 12.0 Å². The standard InChI is InChI=1S/C10H11FN2.ClH/c11-5-4-10(13)9-3-1-2-8(6-9)7-12;/h1-3,6,10H,4-5,13H2;1H/t10-;/m1./s1. The first-order chi connectivity index (χ1) is 6.27. The smallest absolute Gasteiger partial charge is 0.0991 e. The molecule has 0 spiro atoms. The Labute approximate surface area is 88.9 Å². The highest BCUT2D eigenvalue weighted by molar-refractivity contribution is 5.85. The van der Waals surface area contributed by atoms with Crippen molar-refractivity contribution in [1.29, 1.82) is 5.26 Å². The number of hydrogen-bond donors (Lipinski definition) is 1. The molecule has 0 aliphatic carbocycles. The van der Waals surface area contributed by atoms with Gasteiger partial charge < -0.3 is 5.73 Å². The first kappa shape index (κ1) is 12.9. The maximum absolute atomic E-state index is 12.0. The lowest BCUT2D eigenvalue weighted by atomic mass is 10.0. The van der Waals surface area contributed by atoms with Gasteiger partial charge in [-0.25, -0.2) is 0 Å². The van der Waals surface area contributed by atoms with Crippen LogP contribution >= 0.6 is 12.4 Å². The van der Waals surface area contributed by atoms with E-state index < -0.39 is 6.67 Å². The van der Waals surface area contributed by atoms with Crippen molar-refractivity contribution < 1.29 is 4.39 Å². The van der Waals surface area contributed by atoms with Crippen LogP contribution in [0.3, 0.4) is 0 Å². The third kappa shape index (κ3) is 3.33. The molecule has 1 rings (SSSR count). The summed E-state index contributed by atoms with van der Waals surface area (Å²) in [6.45, 7) is -0.433. The van der Waals surface area contributed by atoms with Crippen LogP contribution in [0, 0.1) is 11.3 Å². The molecule has 14 heavy (non-hydrogen) atoms. The molecule has 76 valence electrons. The van der Waals surface area contributed by atoms with Gasteiger partial charge in [0.1, 0.15) is 0 Å². The van der Waals surface area contributed by atoms with E-state index in [4.69, 9.17) is 11.0 Å². The number of nitrogens with zero attached hydrogens (tertiary/aromatic N) is 1. The van der Waals surface area contributed by atoms with Gasteiger partial charge in [0.2, 0.25) is 0 Å². The van der Waals surface area contributed by atoms with E-state index in [-0.39, 0.29) is 18.4 Å². The molecule has 1 atom stereocenters. The van der Waals surface area contributed by atoms with Gasteiger partial charge in [0.15, 0.2) is 0 Å². The van der Waals surface area contributed by atoms with Gasteiger partial charge in [-0.05, 0) is 24.1 Å². The summed E-state index contributed by atoms with van der Waals surface area (Å²) >= 11 is 0. The molecular formula is C10H12ClFN2. The molecule has 0 amide bonds. The summed E-state index contributed by atoms with van der Waals surface area (Å²) in [6, 6.07) is 8.67. The number of hydrogen-bond acceptors (Lipinski definition) is 2. The van der Waals surface area contributed by atoms with Gasteiger partial charge in [-0.15, -0.1) is 12.4 Å². The van der Waals surface area contributed by atoms with Gasteiger partial charge >= 0.3 is 0 Å². The molecule has 0 aromatic heterocycles. The molecule has 0 aliphatic rings. The lowest BCUT2D eigenvalue weighted by molar-refractivity contribution is 0.442. The first-order valence-electron chi connectivity index (χ1n) is 4.09. The Morgan fingerprint density at radius 2 is 2.21 bits per heavy atom. The molecule has 0 radical (unpaired) electrons. The Kier molecular flexibility index (Phi) is 5.86. The normalized spacial score (nSPS) is 11.2. The number of benzene rings is 1. The summed E-state index contributed by atoms with van der Waals surface area (Å²) < 4.78 is 12.0. The van der Waals surface area contributed by atoms with E-state index >= 15 is 0 Å². The molecule has 1 aromatic rings. The summed E-state index contributed by atoms with van der Waals surface area (Å²) in [5.41, 5.74) is 7.06. The van der Waals surface area contributed by atoms with E-state index in [0.717, 1.165) is 5.56 Å². The monoisotopic (exact) mass is 214 g/mol. The zero-order valence-corrected chi connectivity index (χ0v) is 8.43. The van der Waals surface area contributed by atoms with Gasteiger partial charge in [-0.1, -0.05) is 12.1 Å². The minimum atomic E-state index is -0.433. The van der Waals surface area contributed by atoms with E-state index in [9.17, 15) is 4.39 Å². The third-order valence-electron chi connectivity index (χ3n) is 1.86. The van der Waals surface area contributed by atoms with Crippen LogP contribution in [0.15, 0.2) is 24.3 Å². The van der Waals surface area contributed by atoms with Crippen LogP contribution in [0.5, 0.6) is 0 Å². The average molecular weight is 215 g/mol. The lowest BCUT2D eigenvalue weighted by Crippen LogP contribution is -2.10. The second kappa shape index (κ2) is 6.36. The second-order valence-electron chi connectivity index (χ2n) is 2.82. The quantitative estimate of drug-likeness (QED) is 0.840. The van der Waals surface area contributed by atoms with Crippen LogP contribution in [-0.2, 0) is 0 Å². The molecule has 0 saturated carbocycles. The van der Waals surface area contributed by atoms with Crippen LogP contribution in [0.4, 0.5) is 4.39 Å². The van der Waals surface area contributed by atoms with Crippen LogP contribution in [0.2, 0.25) is 0 Å². The molecule has 0 unspecified atom stereocenters. The molecule has 2 nitrogen and oxygen atoms in total. The Balaban J connectivity index is 0.00000169. The van der Waals surface area contributed by atoms with Crippen molar-refractivity contribution in [3.8, 4) is 6.07 Å². The predicted molar refractivity (Wildman–Crippen MR) is 55.9 cm³/mol. The zero-order valence-electron chi connectivity index (χ0n) is 7.61. The first-order valence-corrected chi connectivity index (χ1v) is 4.09. The van der Waals surface area contributed by atoms with Crippen molar-refractivity contribution in [2.45, 2.75) is 12.5 Å².